The second-order valence-electron chi connectivity index (χ2n) is 4.62. The van der Waals surface area contributed by atoms with Crippen LogP contribution in [0, 0.1) is 6.92 Å². The zero-order valence-electron chi connectivity index (χ0n) is 9.85. The Morgan fingerprint density at radius 2 is 2.12 bits per heavy atom. The van der Waals surface area contributed by atoms with Crippen LogP contribution in [0.2, 0.25) is 0 Å². The van der Waals surface area contributed by atoms with E-state index in [1.54, 1.807) is 7.11 Å². The highest BCUT2D eigenvalue weighted by Gasteiger charge is 2.39. The van der Waals surface area contributed by atoms with Crippen LogP contribution in [0.25, 0.3) is 0 Å². The van der Waals surface area contributed by atoms with Gasteiger partial charge in [0, 0.05) is 17.5 Å². The average Bonchev–Trinajstić information content (AvgIpc) is 2.23. The van der Waals surface area contributed by atoms with Crippen LogP contribution in [0.5, 0.6) is 5.75 Å². The van der Waals surface area contributed by atoms with Crippen molar-refractivity contribution in [2.24, 2.45) is 5.73 Å². The molecule has 1 saturated carbocycles. The summed E-state index contributed by atoms with van der Waals surface area (Å²) in [7, 11) is 1.73. The molecule has 0 atom stereocenters. The predicted octanol–water partition coefficient (Wildman–Crippen LogP) is 3.15. The molecule has 0 bridgehead atoms. The van der Waals surface area contributed by atoms with Crippen LogP contribution in [0.3, 0.4) is 0 Å². The Morgan fingerprint density at radius 3 is 2.56 bits per heavy atom. The molecular formula is C13H18BrNO. The first-order valence-electron chi connectivity index (χ1n) is 5.68. The molecule has 3 heteroatoms. The minimum absolute atomic E-state index is 0.154. The lowest BCUT2D eigenvalue weighted by Crippen LogP contribution is -2.41. The van der Waals surface area contributed by atoms with Gasteiger partial charge in [-0.2, -0.15) is 0 Å². The van der Waals surface area contributed by atoms with E-state index >= 15 is 0 Å². The fourth-order valence-corrected chi connectivity index (χ4v) is 2.97. The normalized spacial score (nSPS) is 18.0. The van der Waals surface area contributed by atoms with Gasteiger partial charge in [-0.25, -0.2) is 0 Å². The highest BCUT2D eigenvalue weighted by Crippen LogP contribution is 2.48. The van der Waals surface area contributed by atoms with E-state index in [2.05, 4.69) is 35.0 Å². The minimum Gasteiger partial charge on any atom is -0.495 e. The molecule has 1 aromatic rings. The van der Waals surface area contributed by atoms with Gasteiger partial charge < -0.3 is 10.5 Å². The Labute approximate surface area is 105 Å². The van der Waals surface area contributed by atoms with Gasteiger partial charge in [0.05, 0.1) is 11.6 Å². The summed E-state index contributed by atoms with van der Waals surface area (Å²) in [5.74, 6) is 0.963. The Kier molecular flexibility index (Phi) is 3.27. The average molecular weight is 284 g/mol. The monoisotopic (exact) mass is 283 g/mol. The number of halogens is 1. The molecule has 0 amide bonds. The molecule has 0 heterocycles. The molecule has 0 aromatic heterocycles. The van der Waals surface area contributed by atoms with Gasteiger partial charge in [0.25, 0.3) is 0 Å². The van der Waals surface area contributed by atoms with Gasteiger partial charge in [-0.1, -0.05) is 18.6 Å². The summed E-state index contributed by atoms with van der Waals surface area (Å²) in [4.78, 5) is 0. The lowest BCUT2D eigenvalue weighted by atomic mass is 9.64. The molecular weight excluding hydrogens is 266 g/mol. The van der Waals surface area contributed by atoms with Gasteiger partial charge in [0.15, 0.2) is 0 Å². The van der Waals surface area contributed by atoms with E-state index in [9.17, 15) is 0 Å². The standard InChI is InChI=1S/C13H18BrNO/c1-9-4-5-10(12(16-2)11(9)14)13(8-15)6-3-7-13/h4-5H,3,6-8,15H2,1-2H3. The van der Waals surface area contributed by atoms with Crippen molar-refractivity contribution in [2.45, 2.75) is 31.6 Å². The van der Waals surface area contributed by atoms with Gasteiger partial charge in [-0.05, 0) is 41.3 Å². The van der Waals surface area contributed by atoms with E-state index in [1.807, 2.05) is 0 Å². The molecule has 16 heavy (non-hydrogen) atoms. The Balaban J connectivity index is 2.52. The summed E-state index contributed by atoms with van der Waals surface area (Å²) < 4.78 is 6.60. The molecule has 2 nitrogen and oxygen atoms in total. The third kappa shape index (κ3) is 1.66. The van der Waals surface area contributed by atoms with Crippen molar-refractivity contribution in [1.29, 1.82) is 0 Å². The van der Waals surface area contributed by atoms with Crippen molar-refractivity contribution in [1.82, 2.24) is 0 Å². The zero-order valence-corrected chi connectivity index (χ0v) is 11.4. The molecule has 1 aliphatic carbocycles. The Morgan fingerprint density at radius 1 is 1.44 bits per heavy atom. The number of benzene rings is 1. The fourth-order valence-electron chi connectivity index (χ4n) is 2.46. The summed E-state index contributed by atoms with van der Waals surface area (Å²) in [6.45, 7) is 2.78. The summed E-state index contributed by atoms with van der Waals surface area (Å²) in [6, 6.07) is 4.31. The molecule has 1 aliphatic rings. The van der Waals surface area contributed by atoms with E-state index in [4.69, 9.17) is 10.5 Å². The summed E-state index contributed by atoms with van der Waals surface area (Å²) in [6.07, 6.45) is 3.62. The number of hydrogen-bond acceptors (Lipinski definition) is 2. The van der Waals surface area contributed by atoms with E-state index in [-0.39, 0.29) is 5.41 Å². The van der Waals surface area contributed by atoms with Crippen molar-refractivity contribution in [3.05, 3.63) is 27.7 Å². The largest absolute Gasteiger partial charge is 0.495 e. The maximum atomic E-state index is 5.94. The molecule has 2 N–H and O–H groups in total. The van der Waals surface area contributed by atoms with Crippen molar-refractivity contribution in [2.75, 3.05) is 13.7 Å². The van der Waals surface area contributed by atoms with E-state index in [0.717, 1.165) is 10.2 Å². The summed E-state index contributed by atoms with van der Waals surface area (Å²) in [5.41, 5.74) is 8.56. The molecule has 1 fully saturated rings. The van der Waals surface area contributed by atoms with Gasteiger partial charge in [0.2, 0.25) is 0 Å². The Bertz CT molecular complexity index is 394. The van der Waals surface area contributed by atoms with Crippen LogP contribution in [0.15, 0.2) is 16.6 Å². The highest BCUT2D eigenvalue weighted by molar-refractivity contribution is 9.10. The zero-order chi connectivity index (χ0) is 11.8. The van der Waals surface area contributed by atoms with Crippen LogP contribution in [-0.2, 0) is 5.41 Å². The molecule has 1 aromatic carbocycles. The lowest BCUT2D eigenvalue weighted by molar-refractivity contribution is 0.243. The van der Waals surface area contributed by atoms with Crippen LogP contribution in [-0.4, -0.2) is 13.7 Å². The summed E-state index contributed by atoms with van der Waals surface area (Å²) in [5, 5.41) is 0. The molecule has 2 rings (SSSR count). The number of nitrogens with two attached hydrogens (primary N) is 1. The van der Waals surface area contributed by atoms with E-state index < -0.39 is 0 Å². The van der Waals surface area contributed by atoms with Gasteiger partial charge >= 0.3 is 0 Å². The van der Waals surface area contributed by atoms with Crippen molar-refractivity contribution in [3.8, 4) is 5.75 Å². The van der Waals surface area contributed by atoms with Crippen molar-refractivity contribution < 1.29 is 4.74 Å². The van der Waals surface area contributed by atoms with Crippen LogP contribution in [0.4, 0.5) is 0 Å². The van der Waals surface area contributed by atoms with Gasteiger partial charge in [-0.15, -0.1) is 0 Å². The maximum Gasteiger partial charge on any atom is 0.137 e. The summed E-state index contributed by atoms with van der Waals surface area (Å²) >= 11 is 3.60. The molecule has 88 valence electrons. The van der Waals surface area contributed by atoms with E-state index in [0.29, 0.717) is 6.54 Å². The van der Waals surface area contributed by atoms with Gasteiger partial charge in [0.1, 0.15) is 5.75 Å². The van der Waals surface area contributed by atoms with Crippen LogP contribution >= 0.6 is 15.9 Å². The first kappa shape index (κ1) is 11.9. The molecule has 0 aliphatic heterocycles. The Hall–Kier alpha value is -0.540. The van der Waals surface area contributed by atoms with Crippen molar-refractivity contribution in [3.63, 3.8) is 0 Å². The second kappa shape index (κ2) is 4.38. The molecule has 0 spiro atoms. The quantitative estimate of drug-likeness (QED) is 0.925. The lowest BCUT2D eigenvalue weighted by Gasteiger charge is -2.42. The molecule has 0 saturated heterocycles. The number of methoxy groups -OCH3 is 1. The first-order valence-corrected chi connectivity index (χ1v) is 6.47. The highest BCUT2D eigenvalue weighted by atomic mass is 79.9. The second-order valence-corrected chi connectivity index (χ2v) is 5.41. The number of ether oxygens (including phenoxy) is 1. The predicted molar refractivity (Wildman–Crippen MR) is 70.0 cm³/mol. The molecule has 0 radical (unpaired) electrons. The smallest absolute Gasteiger partial charge is 0.137 e. The van der Waals surface area contributed by atoms with Crippen LogP contribution in [0.1, 0.15) is 30.4 Å². The molecule has 0 unspecified atom stereocenters. The van der Waals surface area contributed by atoms with Crippen molar-refractivity contribution >= 4 is 15.9 Å². The first-order chi connectivity index (χ1) is 7.64. The SMILES string of the molecule is COc1c(C2(CN)CCC2)ccc(C)c1Br. The number of rotatable bonds is 3. The number of hydrogen-bond donors (Lipinski definition) is 1. The van der Waals surface area contributed by atoms with Crippen LogP contribution < -0.4 is 10.5 Å². The third-order valence-corrected chi connectivity index (χ3v) is 4.75. The number of aryl methyl sites for hydroxylation is 1. The van der Waals surface area contributed by atoms with Gasteiger partial charge in [-0.3, -0.25) is 0 Å². The van der Waals surface area contributed by atoms with E-state index in [1.165, 1.54) is 30.4 Å². The minimum atomic E-state index is 0.154. The fraction of sp³-hybridized carbons (Fsp3) is 0.538. The maximum absolute atomic E-state index is 5.94. The third-order valence-electron chi connectivity index (χ3n) is 3.77. The topological polar surface area (TPSA) is 35.2 Å².